The molecule has 0 aliphatic carbocycles. The van der Waals surface area contributed by atoms with Crippen LogP contribution >= 0.6 is 0 Å². The topological polar surface area (TPSA) is 49.4 Å². The highest BCUT2D eigenvalue weighted by Crippen LogP contribution is 2.11. The molecule has 1 fully saturated rings. The Morgan fingerprint density at radius 2 is 2.06 bits per heavy atom. The molecule has 0 radical (unpaired) electrons. The average molecular weight is 236 g/mol. The van der Waals surface area contributed by atoms with Gasteiger partial charge in [-0.2, -0.15) is 0 Å². The van der Waals surface area contributed by atoms with Crippen molar-refractivity contribution in [2.75, 3.05) is 19.6 Å². The van der Waals surface area contributed by atoms with Crippen molar-refractivity contribution in [1.82, 2.24) is 10.2 Å². The summed E-state index contributed by atoms with van der Waals surface area (Å²) in [5.41, 5.74) is 0.0573. The highest BCUT2D eigenvalue weighted by atomic mass is 19.1. The van der Waals surface area contributed by atoms with E-state index >= 15 is 0 Å². The van der Waals surface area contributed by atoms with Crippen LogP contribution in [-0.2, 0) is 4.79 Å². The lowest BCUT2D eigenvalue weighted by Gasteiger charge is -2.19. The Kier molecular flexibility index (Phi) is 3.37. The third kappa shape index (κ3) is 2.61. The number of hydrogen-bond acceptors (Lipinski definition) is 2. The fourth-order valence-corrected chi connectivity index (χ4v) is 1.78. The van der Waals surface area contributed by atoms with Gasteiger partial charge < -0.3 is 10.2 Å². The van der Waals surface area contributed by atoms with E-state index in [-0.39, 0.29) is 23.8 Å². The zero-order valence-electron chi connectivity index (χ0n) is 9.28. The van der Waals surface area contributed by atoms with Gasteiger partial charge in [-0.1, -0.05) is 12.1 Å². The summed E-state index contributed by atoms with van der Waals surface area (Å²) < 4.78 is 13.4. The Hall–Kier alpha value is -1.91. The van der Waals surface area contributed by atoms with Crippen LogP contribution in [0.15, 0.2) is 24.3 Å². The van der Waals surface area contributed by atoms with Crippen molar-refractivity contribution in [2.45, 2.75) is 6.42 Å². The summed E-state index contributed by atoms with van der Waals surface area (Å²) in [5.74, 6) is -0.963. The number of nitrogens with zero attached hydrogens (tertiary/aromatic N) is 1. The van der Waals surface area contributed by atoms with E-state index in [0.717, 1.165) is 0 Å². The molecule has 1 aliphatic rings. The number of amides is 2. The van der Waals surface area contributed by atoms with Crippen LogP contribution < -0.4 is 5.32 Å². The lowest BCUT2D eigenvalue weighted by Crippen LogP contribution is -2.34. The lowest BCUT2D eigenvalue weighted by atomic mass is 10.2. The Balaban J connectivity index is 2.14. The smallest absolute Gasteiger partial charge is 0.256 e. The number of rotatable bonds is 1. The Labute approximate surface area is 98.4 Å². The number of hydrogen-bond donors (Lipinski definition) is 1. The Morgan fingerprint density at radius 1 is 1.29 bits per heavy atom. The molecule has 17 heavy (non-hydrogen) atoms. The minimum absolute atomic E-state index is 0.0573. The summed E-state index contributed by atoms with van der Waals surface area (Å²) in [6.45, 7) is 1.16. The van der Waals surface area contributed by atoms with E-state index in [1.165, 1.54) is 17.0 Å². The largest absolute Gasteiger partial charge is 0.354 e. The van der Waals surface area contributed by atoms with Crippen LogP contribution in [0.2, 0.25) is 0 Å². The maximum Gasteiger partial charge on any atom is 0.256 e. The molecule has 1 aliphatic heterocycles. The highest BCUT2D eigenvalue weighted by molar-refractivity contribution is 5.95. The van der Waals surface area contributed by atoms with Gasteiger partial charge >= 0.3 is 0 Å². The molecule has 1 N–H and O–H groups in total. The zero-order chi connectivity index (χ0) is 12.3. The molecule has 0 bridgehead atoms. The molecule has 0 saturated carbocycles. The SMILES string of the molecule is O=C1CCN(C(=O)c2ccccc2F)CCN1. The molecule has 2 rings (SSSR count). The van der Waals surface area contributed by atoms with E-state index in [1.54, 1.807) is 12.1 Å². The van der Waals surface area contributed by atoms with E-state index in [0.29, 0.717) is 19.6 Å². The summed E-state index contributed by atoms with van der Waals surface area (Å²) in [7, 11) is 0. The van der Waals surface area contributed by atoms with Gasteiger partial charge in [0.05, 0.1) is 5.56 Å². The second-order valence-electron chi connectivity index (χ2n) is 3.87. The Morgan fingerprint density at radius 3 is 2.82 bits per heavy atom. The highest BCUT2D eigenvalue weighted by Gasteiger charge is 2.21. The minimum Gasteiger partial charge on any atom is -0.354 e. The molecule has 5 heteroatoms. The molecular weight excluding hydrogens is 223 g/mol. The number of nitrogens with one attached hydrogen (secondary N) is 1. The monoisotopic (exact) mass is 236 g/mol. The van der Waals surface area contributed by atoms with Crippen LogP contribution in [-0.4, -0.2) is 36.3 Å². The maximum absolute atomic E-state index is 13.4. The molecule has 1 aromatic carbocycles. The van der Waals surface area contributed by atoms with Crippen molar-refractivity contribution in [3.8, 4) is 0 Å². The molecular formula is C12H13FN2O2. The third-order valence-electron chi connectivity index (χ3n) is 2.70. The summed E-state index contributed by atoms with van der Waals surface area (Å²) in [4.78, 5) is 24.7. The quantitative estimate of drug-likeness (QED) is 0.783. The number of halogens is 1. The molecule has 4 nitrogen and oxygen atoms in total. The standard InChI is InChI=1S/C12H13FN2O2/c13-10-4-2-1-3-9(10)12(17)15-7-5-11(16)14-6-8-15/h1-4H,5-8H2,(H,14,16). The summed E-state index contributed by atoms with van der Waals surface area (Å²) >= 11 is 0. The summed E-state index contributed by atoms with van der Waals surface area (Å²) in [5, 5.41) is 2.67. The van der Waals surface area contributed by atoms with E-state index < -0.39 is 5.82 Å². The molecule has 0 spiro atoms. The van der Waals surface area contributed by atoms with Crippen molar-refractivity contribution >= 4 is 11.8 Å². The van der Waals surface area contributed by atoms with Gasteiger partial charge in [-0.25, -0.2) is 4.39 Å². The van der Waals surface area contributed by atoms with Crippen LogP contribution in [0.25, 0.3) is 0 Å². The fraction of sp³-hybridized carbons (Fsp3) is 0.333. The lowest BCUT2D eigenvalue weighted by molar-refractivity contribution is -0.120. The molecule has 90 valence electrons. The fourth-order valence-electron chi connectivity index (χ4n) is 1.78. The van der Waals surface area contributed by atoms with Gasteiger partial charge in [0.15, 0.2) is 0 Å². The number of carbonyl (C=O) groups is 2. The van der Waals surface area contributed by atoms with Crippen LogP contribution in [0.1, 0.15) is 16.8 Å². The molecule has 0 aromatic heterocycles. The van der Waals surface area contributed by atoms with Gasteiger partial charge in [-0.15, -0.1) is 0 Å². The van der Waals surface area contributed by atoms with Gasteiger partial charge in [0.2, 0.25) is 5.91 Å². The van der Waals surface area contributed by atoms with E-state index in [2.05, 4.69) is 5.32 Å². The number of benzene rings is 1. The van der Waals surface area contributed by atoms with Crippen LogP contribution in [0, 0.1) is 5.82 Å². The zero-order valence-corrected chi connectivity index (χ0v) is 9.28. The van der Waals surface area contributed by atoms with E-state index in [1.807, 2.05) is 0 Å². The van der Waals surface area contributed by atoms with Gasteiger partial charge in [0.25, 0.3) is 5.91 Å². The van der Waals surface area contributed by atoms with Crippen molar-refractivity contribution in [1.29, 1.82) is 0 Å². The maximum atomic E-state index is 13.4. The molecule has 1 aromatic rings. The third-order valence-corrected chi connectivity index (χ3v) is 2.70. The summed E-state index contributed by atoms with van der Waals surface area (Å²) in [6, 6.07) is 5.88. The average Bonchev–Trinajstić information content (AvgIpc) is 2.54. The Bertz CT molecular complexity index is 448. The second-order valence-corrected chi connectivity index (χ2v) is 3.87. The summed E-state index contributed by atoms with van der Waals surface area (Å²) in [6.07, 6.45) is 0.264. The minimum atomic E-state index is -0.527. The molecule has 1 heterocycles. The van der Waals surface area contributed by atoms with Gasteiger partial charge in [-0.05, 0) is 12.1 Å². The van der Waals surface area contributed by atoms with Gasteiger partial charge in [0, 0.05) is 26.1 Å². The molecule has 2 amide bonds. The molecule has 0 atom stereocenters. The first kappa shape index (κ1) is 11.6. The first-order valence-electron chi connectivity index (χ1n) is 5.49. The second kappa shape index (κ2) is 4.95. The molecule has 0 unspecified atom stereocenters. The van der Waals surface area contributed by atoms with E-state index in [4.69, 9.17) is 0 Å². The van der Waals surface area contributed by atoms with Crippen molar-refractivity contribution in [2.24, 2.45) is 0 Å². The van der Waals surface area contributed by atoms with Crippen LogP contribution in [0.4, 0.5) is 4.39 Å². The normalized spacial score (nSPS) is 16.3. The van der Waals surface area contributed by atoms with Crippen molar-refractivity contribution in [3.05, 3.63) is 35.6 Å². The predicted octanol–water partition coefficient (Wildman–Crippen LogP) is 0.788. The van der Waals surface area contributed by atoms with Gasteiger partial charge in [-0.3, -0.25) is 9.59 Å². The van der Waals surface area contributed by atoms with Crippen LogP contribution in [0.5, 0.6) is 0 Å². The molecule has 1 saturated heterocycles. The first-order valence-corrected chi connectivity index (χ1v) is 5.49. The van der Waals surface area contributed by atoms with Crippen molar-refractivity contribution < 1.29 is 14.0 Å². The van der Waals surface area contributed by atoms with E-state index in [9.17, 15) is 14.0 Å². The number of carbonyl (C=O) groups excluding carboxylic acids is 2. The van der Waals surface area contributed by atoms with Crippen molar-refractivity contribution in [3.63, 3.8) is 0 Å². The first-order chi connectivity index (χ1) is 8.18. The predicted molar refractivity (Wildman–Crippen MR) is 59.9 cm³/mol. The van der Waals surface area contributed by atoms with Crippen LogP contribution in [0.3, 0.4) is 0 Å². The van der Waals surface area contributed by atoms with Gasteiger partial charge in [0.1, 0.15) is 5.82 Å².